The standard InChI is InChI=1S/C28H23ClFN3O2S/c29-24-16-22(30)9-8-21(24)18-32-25-13-15-36-26(25)27(34)33(28(32)35)23-10-6-19(7-11-23)12-14-31-17-20-4-2-1-3-5-20/h1-11,13,15-16,31H,12,14,17-18H2. The Kier molecular flexibility index (Phi) is 7.13. The molecule has 2 aromatic heterocycles. The van der Waals surface area contributed by atoms with E-state index in [2.05, 4.69) is 17.4 Å². The van der Waals surface area contributed by atoms with Crippen LogP contribution < -0.4 is 16.6 Å². The molecular weight excluding hydrogens is 497 g/mol. The average molecular weight is 520 g/mol. The van der Waals surface area contributed by atoms with Crippen molar-refractivity contribution < 1.29 is 4.39 Å². The van der Waals surface area contributed by atoms with Gasteiger partial charge in [-0.1, -0.05) is 60.1 Å². The molecule has 0 radical (unpaired) electrons. The van der Waals surface area contributed by atoms with Crippen LogP contribution in [0.2, 0.25) is 5.02 Å². The van der Waals surface area contributed by atoms with E-state index in [1.54, 1.807) is 29.6 Å². The van der Waals surface area contributed by atoms with Gasteiger partial charge in [0.1, 0.15) is 10.5 Å². The highest BCUT2D eigenvalue weighted by Gasteiger charge is 2.17. The van der Waals surface area contributed by atoms with Gasteiger partial charge in [-0.15, -0.1) is 11.3 Å². The maximum atomic E-state index is 13.5. The highest BCUT2D eigenvalue weighted by Crippen LogP contribution is 2.21. The predicted octanol–water partition coefficient (Wildman–Crippen LogP) is 5.39. The van der Waals surface area contributed by atoms with Crippen molar-refractivity contribution in [3.63, 3.8) is 0 Å². The Labute approximate surface area is 216 Å². The molecule has 0 aliphatic heterocycles. The third-order valence-corrected chi connectivity index (χ3v) is 7.30. The minimum Gasteiger partial charge on any atom is -0.312 e. The summed E-state index contributed by atoms with van der Waals surface area (Å²) >= 11 is 7.51. The molecule has 0 aliphatic rings. The molecule has 0 bridgehead atoms. The van der Waals surface area contributed by atoms with Crippen LogP contribution in [0.5, 0.6) is 0 Å². The van der Waals surface area contributed by atoms with Crippen molar-refractivity contribution in [3.05, 3.63) is 133 Å². The Bertz CT molecular complexity index is 1630. The first-order chi connectivity index (χ1) is 17.5. The maximum absolute atomic E-state index is 13.5. The lowest BCUT2D eigenvalue weighted by molar-refractivity contribution is 0.626. The summed E-state index contributed by atoms with van der Waals surface area (Å²) in [4.78, 5) is 26.8. The minimum atomic E-state index is -0.469. The number of hydrogen-bond acceptors (Lipinski definition) is 4. The molecule has 36 heavy (non-hydrogen) atoms. The largest absolute Gasteiger partial charge is 0.336 e. The molecule has 2 heterocycles. The minimum absolute atomic E-state index is 0.122. The van der Waals surface area contributed by atoms with Gasteiger partial charge in [-0.3, -0.25) is 9.36 Å². The number of benzene rings is 3. The van der Waals surface area contributed by atoms with E-state index < -0.39 is 11.5 Å². The number of fused-ring (bicyclic) bond motifs is 1. The van der Waals surface area contributed by atoms with Gasteiger partial charge in [-0.2, -0.15) is 0 Å². The maximum Gasteiger partial charge on any atom is 0.336 e. The summed E-state index contributed by atoms with van der Waals surface area (Å²) < 4.78 is 16.7. The van der Waals surface area contributed by atoms with E-state index in [-0.39, 0.29) is 17.1 Å². The Morgan fingerprint density at radius 2 is 1.69 bits per heavy atom. The number of rotatable bonds is 8. The second-order valence-corrected chi connectivity index (χ2v) is 9.78. The second-order valence-electron chi connectivity index (χ2n) is 8.46. The first-order valence-corrected chi connectivity index (χ1v) is 12.8. The number of halogens is 2. The number of hydrogen-bond donors (Lipinski definition) is 1. The first-order valence-electron chi connectivity index (χ1n) is 11.5. The van der Waals surface area contributed by atoms with E-state index in [1.165, 1.54) is 38.2 Å². The molecule has 5 nitrogen and oxygen atoms in total. The van der Waals surface area contributed by atoms with Crippen LogP contribution in [0.3, 0.4) is 0 Å². The van der Waals surface area contributed by atoms with E-state index in [4.69, 9.17) is 11.6 Å². The van der Waals surface area contributed by atoms with Gasteiger partial charge >= 0.3 is 5.69 Å². The summed E-state index contributed by atoms with van der Waals surface area (Å²) in [6.07, 6.45) is 0.819. The zero-order valence-electron chi connectivity index (χ0n) is 19.3. The fourth-order valence-electron chi connectivity index (χ4n) is 4.16. The highest BCUT2D eigenvalue weighted by atomic mass is 35.5. The summed E-state index contributed by atoms with van der Waals surface area (Å²) in [5.74, 6) is -0.447. The fraction of sp³-hybridized carbons (Fsp3) is 0.143. The normalized spacial score (nSPS) is 11.3. The van der Waals surface area contributed by atoms with E-state index in [0.717, 1.165) is 25.1 Å². The lowest BCUT2D eigenvalue weighted by Gasteiger charge is -2.14. The molecule has 0 fully saturated rings. The first kappa shape index (κ1) is 24.2. The van der Waals surface area contributed by atoms with Gasteiger partial charge in [0.2, 0.25) is 0 Å². The molecule has 0 saturated carbocycles. The predicted molar refractivity (Wildman–Crippen MR) is 144 cm³/mol. The van der Waals surface area contributed by atoms with Crippen molar-refractivity contribution in [3.8, 4) is 5.69 Å². The van der Waals surface area contributed by atoms with Crippen molar-refractivity contribution >= 4 is 33.2 Å². The van der Waals surface area contributed by atoms with Crippen molar-refractivity contribution in [2.45, 2.75) is 19.5 Å². The van der Waals surface area contributed by atoms with Crippen LogP contribution in [-0.2, 0) is 19.5 Å². The van der Waals surface area contributed by atoms with Crippen molar-refractivity contribution in [2.24, 2.45) is 0 Å². The summed E-state index contributed by atoms with van der Waals surface area (Å²) in [6, 6.07) is 23.5. The molecule has 5 rings (SSSR count). The molecule has 0 atom stereocenters. The van der Waals surface area contributed by atoms with Crippen LogP contribution in [0, 0.1) is 5.82 Å². The van der Waals surface area contributed by atoms with Crippen LogP contribution in [0.25, 0.3) is 15.9 Å². The quantitative estimate of drug-likeness (QED) is 0.280. The van der Waals surface area contributed by atoms with Crippen molar-refractivity contribution in [1.29, 1.82) is 0 Å². The van der Waals surface area contributed by atoms with Crippen LogP contribution in [0.15, 0.2) is 93.8 Å². The van der Waals surface area contributed by atoms with E-state index in [9.17, 15) is 14.0 Å². The van der Waals surface area contributed by atoms with Crippen molar-refractivity contribution in [1.82, 2.24) is 14.5 Å². The number of aromatic nitrogens is 2. The summed E-state index contributed by atoms with van der Waals surface area (Å²) in [5, 5.41) is 5.44. The van der Waals surface area contributed by atoms with E-state index in [1.807, 2.05) is 30.3 Å². The Morgan fingerprint density at radius 1 is 0.917 bits per heavy atom. The molecule has 5 aromatic rings. The fourth-order valence-corrected chi connectivity index (χ4v) is 5.21. The SMILES string of the molecule is O=c1c2sccc2n(Cc2ccc(F)cc2Cl)c(=O)n1-c1ccc(CCNCc2ccccc2)cc1. The Hall–Kier alpha value is -3.52. The Morgan fingerprint density at radius 3 is 2.44 bits per heavy atom. The third kappa shape index (κ3) is 5.04. The Balaban J connectivity index is 1.40. The topological polar surface area (TPSA) is 56.0 Å². The summed E-state index contributed by atoms with van der Waals surface area (Å²) in [6.45, 7) is 1.73. The van der Waals surface area contributed by atoms with Gasteiger partial charge in [-0.25, -0.2) is 13.8 Å². The van der Waals surface area contributed by atoms with Gasteiger partial charge in [0.15, 0.2) is 0 Å². The lowest BCUT2D eigenvalue weighted by atomic mass is 10.1. The lowest BCUT2D eigenvalue weighted by Crippen LogP contribution is -2.38. The molecular formula is C28H23ClFN3O2S. The number of thiophene rings is 1. The van der Waals surface area contributed by atoms with Crippen LogP contribution in [0.1, 0.15) is 16.7 Å². The zero-order valence-corrected chi connectivity index (χ0v) is 20.9. The van der Waals surface area contributed by atoms with Gasteiger partial charge in [-0.05, 0) is 65.4 Å². The molecule has 0 unspecified atom stereocenters. The molecule has 3 aromatic carbocycles. The summed E-state index contributed by atoms with van der Waals surface area (Å²) in [5.41, 5.74) is 3.13. The molecule has 8 heteroatoms. The van der Waals surface area contributed by atoms with Crippen LogP contribution in [0.4, 0.5) is 4.39 Å². The molecule has 0 saturated heterocycles. The molecule has 0 amide bonds. The monoisotopic (exact) mass is 519 g/mol. The van der Waals surface area contributed by atoms with Crippen molar-refractivity contribution in [2.75, 3.05) is 6.54 Å². The van der Waals surface area contributed by atoms with E-state index >= 15 is 0 Å². The molecule has 182 valence electrons. The zero-order chi connectivity index (χ0) is 25.1. The van der Waals surface area contributed by atoms with Crippen LogP contribution >= 0.6 is 22.9 Å². The number of nitrogens with zero attached hydrogens (tertiary/aromatic N) is 2. The third-order valence-electron chi connectivity index (χ3n) is 6.06. The molecule has 0 aliphatic carbocycles. The molecule has 1 N–H and O–H groups in total. The average Bonchev–Trinajstić information content (AvgIpc) is 3.37. The van der Waals surface area contributed by atoms with Gasteiger partial charge in [0.05, 0.1) is 17.7 Å². The van der Waals surface area contributed by atoms with Crippen LogP contribution in [-0.4, -0.2) is 15.7 Å². The second kappa shape index (κ2) is 10.6. The van der Waals surface area contributed by atoms with Gasteiger partial charge in [0.25, 0.3) is 5.56 Å². The van der Waals surface area contributed by atoms with E-state index in [0.29, 0.717) is 21.5 Å². The molecule has 0 spiro atoms. The van der Waals surface area contributed by atoms with Gasteiger partial charge < -0.3 is 5.32 Å². The van der Waals surface area contributed by atoms with Gasteiger partial charge in [0, 0.05) is 11.6 Å². The number of nitrogens with one attached hydrogen (secondary N) is 1. The summed E-state index contributed by atoms with van der Waals surface area (Å²) in [7, 11) is 0. The highest BCUT2D eigenvalue weighted by molar-refractivity contribution is 7.17. The smallest absolute Gasteiger partial charge is 0.312 e.